The molecule has 28 heavy (non-hydrogen) atoms. The minimum absolute atomic E-state index is 0.177. The largest absolute Gasteiger partial charge is 0.451 e. The molecule has 3 aromatic carbocycles. The molecule has 0 spiro atoms. The standard InChI is InChI=1S/C22H15IN2O3/c23-18-7-3-2-6-17(18)21(26)24-15-9-11-16(12-10-15)25-22(27)20-13-14-5-1-4-8-19(14)28-20/h1-13H,(H,24,26)(H,25,27). The number of fused-ring (bicyclic) bond motifs is 1. The number of furan rings is 1. The highest BCUT2D eigenvalue weighted by Crippen LogP contribution is 2.21. The van der Waals surface area contributed by atoms with Crippen LogP contribution in [0.5, 0.6) is 0 Å². The van der Waals surface area contributed by atoms with Crippen molar-refractivity contribution in [2.75, 3.05) is 10.6 Å². The van der Waals surface area contributed by atoms with Gasteiger partial charge in [0.15, 0.2) is 5.76 Å². The lowest BCUT2D eigenvalue weighted by Crippen LogP contribution is -2.14. The van der Waals surface area contributed by atoms with Crippen molar-refractivity contribution in [1.29, 1.82) is 0 Å². The van der Waals surface area contributed by atoms with Gasteiger partial charge in [0.25, 0.3) is 11.8 Å². The summed E-state index contributed by atoms with van der Waals surface area (Å²) in [7, 11) is 0. The molecule has 0 atom stereocenters. The van der Waals surface area contributed by atoms with Crippen molar-refractivity contribution in [2.45, 2.75) is 0 Å². The molecule has 0 aliphatic rings. The zero-order valence-corrected chi connectivity index (χ0v) is 16.8. The van der Waals surface area contributed by atoms with Crippen LogP contribution in [0.4, 0.5) is 11.4 Å². The van der Waals surface area contributed by atoms with Gasteiger partial charge >= 0.3 is 0 Å². The Balaban J connectivity index is 1.43. The molecule has 0 fully saturated rings. The molecule has 0 bridgehead atoms. The number of benzene rings is 3. The number of anilines is 2. The van der Waals surface area contributed by atoms with Gasteiger partial charge in [0.1, 0.15) is 5.58 Å². The first kappa shape index (κ1) is 18.2. The van der Waals surface area contributed by atoms with Crippen LogP contribution in [0, 0.1) is 3.57 Å². The second-order valence-electron chi connectivity index (χ2n) is 6.11. The molecule has 138 valence electrons. The Kier molecular flexibility index (Phi) is 5.12. The predicted molar refractivity (Wildman–Crippen MR) is 118 cm³/mol. The van der Waals surface area contributed by atoms with E-state index >= 15 is 0 Å². The van der Waals surface area contributed by atoms with Gasteiger partial charge in [0.05, 0.1) is 5.56 Å². The molecule has 2 N–H and O–H groups in total. The number of amides is 2. The summed E-state index contributed by atoms with van der Waals surface area (Å²) in [6, 6.07) is 23.5. The van der Waals surface area contributed by atoms with E-state index in [9.17, 15) is 9.59 Å². The number of carbonyl (C=O) groups is 2. The Bertz CT molecular complexity index is 1130. The maximum atomic E-state index is 12.4. The van der Waals surface area contributed by atoms with Gasteiger partial charge in [-0.1, -0.05) is 30.3 Å². The van der Waals surface area contributed by atoms with Gasteiger partial charge in [-0.05, 0) is 71.1 Å². The third-order valence-electron chi connectivity index (χ3n) is 4.17. The molecular formula is C22H15IN2O3. The summed E-state index contributed by atoms with van der Waals surface area (Å²) >= 11 is 2.13. The molecule has 4 aromatic rings. The van der Waals surface area contributed by atoms with Crippen LogP contribution in [0.25, 0.3) is 11.0 Å². The van der Waals surface area contributed by atoms with Crippen LogP contribution in [0.1, 0.15) is 20.9 Å². The molecule has 1 aromatic heterocycles. The quantitative estimate of drug-likeness (QED) is 0.375. The van der Waals surface area contributed by atoms with Gasteiger partial charge in [-0.15, -0.1) is 0 Å². The van der Waals surface area contributed by atoms with E-state index in [2.05, 4.69) is 33.2 Å². The van der Waals surface area contributed by atoms with Crippen LogP contribution >= 0.6 is 22.6 Å². The van der Waals surface area contributed by atoms with E-state index in [0.29, 0.717) is 22.5 Å². The second-order valence-corrected chi connectivity index (χ2v) is 7.28. The highest BCUT2D eigenvalue weighted by molar-refractivity contribution is 14.1. The van der Waals surface area contributed by atoms with E-state index < -0.39 is 0 Å². The molecular weight excluding hydrogens is 467 g/mol. The SMILES string of the molecule is O=C(Nc1ccc(NC(=O)c2ccccc2I)cc1)c1cc2ccccc2o1. The summed E-state index contributed by atoms with van der Waals surface area (Å²) in [5.74, 6) is -0.256. The first-order valence-electron chi connectivity index (χ1n) is 8.56. The van der Waals surface area contributed by atoms with Gasteiger partial charge in [-0.2, -0.15) is 0 Å². The van der Waals surface area contributed by atoms with E-state index in [-0.39, 0.29) is 17.6 Å². The number of nitrogens with one attached hydrogen (secondary N) is 2. The predicted octanol–water partition coefficient (Wildman–Crippen LogP) is 5.54. The third kappa shape index (κ3) is 3.91. The second kappa shape index (κ2) is 7.85. The summed E-state index contributed by atoms with van der Waals surface area (Å²) < 4.78 is 6.45. The van der Waals surface area contributed by atoms with Gasteiger partial charge in [-0.25, -0.2) is 0 Å². The van der Waals surface area contributed by atoms with Crippen LogP contribution in [-0.4, -0.2) is 11.8 Å². The van der Waals surface area contributed by atoms with E-state index in [1.807, 2.05) is 42.5 Å². The van der Waals surface area contributed by atoms with Crippen LogP contribution in [0.15, 0.2) is 83.3 Å². The number of halogens is 1. The Morgan fingerprint density at radius 3 is 2.04 bits per heavy atom. The van der Waals surface area contributed by atoms with Crippen molar-refractivity contribution in [2.24, 2.45) is 0 Å². The Morgan fingerprint density at radius 2 is 1.36 bits per heavy atom. The van der Waals surface area contributed by atoms with Gasteiger partial charge < -0.3 is 15.1 Å². The van der Waals surface area contributed by atoms with Crippen LogP contribution in [-0.2, 0) is 0 Å². The molecule has 0 saturated heterocycles. The first-order valence-corrected chi connectivity index (χ1v) is 9.64. The molecule has 0 saturated carbocycles. The van der Waals surface area contributed by atoms with Crippen molar-refractivity contribution < 1.29 is 14.0 Å². The maximum absolute atomic E-state index is 12.4. The minimum Gasteiger partial charge on any atom is -0.451 e. The Hall–Kier alpha value is -3.13. The lowest BCUT2D eigenvalue weighted by molar-refractivity contribution is 0.0996. The average molecular weight is 482 g/mol. The average Bonchev–Trinajstić information content (AvgIpc) is 3.14. The van der Waals surface area contributed by atoms with Crippen molar-refractivity contribution in [3.8, 4) is 0 Å². The lowest BCUT2D eigenvalue weighted by atomic mass is 10.2. The normalized spacial score (nSPS) is 10.6. The summed E-state index contributed by atoms with van der Waals surface area (Å²) in [4.78, 5) is 24.8. The zero-order chi connectivity index (χ0) is 19.5. The van der Waals surface area contributed by atoms with Crippen molar-refractivity contribution >= 4 is 56.7 Å². The highest BCUT2D eigenvalue weighted by atomic mass is 127. The Morgan fingerprint density at radius 1 is 0.750 bits per heavy atom. The summed E-state index contributed by atoms with van der Waals surface area (Å²) in [6.45, 7) is 0. The lowest BCUT2D eigenvalue weighted by Gasteiger charge is -2.08. The van der Waals surface area contributed by atoms with E-state index in [1.165, 1.54) is 0 Å². The molecule has 0 aliphatic carbocycles. The summed E-state index contributed by atoms with van der Waals surface area (Å²) in [5, 5.41) is 6.52. The van der Waals surface area contributed by atoms with Crippen LogP contribution < -0.4 is 10.6 Å². The fourth-order valence-corrected chi connectivity index (χ4v) is 3.40. The van der Waals surface area contributed by atoms with Crippen molar-refractivity contribution in [1.82, 2.24) is 0 Å². The molecule has 0 radical (unpaired) electrons. The summed E-state index contributed by atoms with van der Waals surface area (Å²) in [6.07, 6.45) is 0. The topological polar surface area (TPSA) is 71.3 Å². The number of para-hydroxylation sites is 1. The third-order valence-corrected chi connectivity index (χ3v) is 5.11. The molecule has 6 heteroatoms. The van der Waals surface area contributed by atoms with Crippen molar-refractivity contribution in [3.63, 3.8) is 0 Å². The monoisotopic (exact) mass is 482 g/mol. The molecule has 4 rings (SSSR count). The fourth-order valence-electron chi connectivity index (χ4n) is 2.77. The van der Waals surface area contributed by atoms with E-state index in [0.717, 1.165) is 8.96 Å². The maximum Gasteiger partial charge on any atom is 0.291 e. The van der Waals surface area contributed by atoms with Gasteiger partial charge in [0.2, 0.25) is 0 Å². The van der Waals surface area contributed by atoms with E-state index in [4.69, 9.17) is 4.42 Å². The van der Waals surface area contributed by atoms with Crippen molar-refractivity contribution in [3.05, 3.63) is 93.8 Å². The number of rotatable bonds is 4. The fraction of sp³-hybridized carbons (Fsp3) is 0. The number of hydrogen-bond donors (Lipinski definition) is 2. The van der Waals surface area contributed by atoms with Crippen LogP contribution in [0.3, 0.4) is 0 Å². The number of hydrogen-bond acceptors (Lipinski definition) is 3. The van der Waals surface area contributed by atoms with Crippen LogP contribution in [0.2, 0.25) is 0 Å². The number of carbonyl (C=O) groups excluding carboxylic acids is 2. The molecule has 5 nitrogen and oxygen atoms in total. The first-order chi connectivity index (χ1) is 13.6. The molecule has 2 amide bonds. The van der Waals surface area contributed by atoms with Gasteiger partial charge in [0, 0.05) is 20.3 Å². The molecule has 0 aliphatic heterocycles. The van der Waals surface area contributed by atoms with Gasteiger partial charge in [-0.3, -0.25) is 9.59 Å². The minimum atomic E-state index is -0.327. The molecule has 0 unspecified atom stereocenters. The smallest absolute Gasteiger partial charge is 0.291 e. The molecule has 1 heterocycles. The van der Waals surface area contributed by atoms with E-state index in [1.54, 1.807) is 36.4 Å². The zero-order valence-electron chi connectivity index (χ0n) is 14.6. The summed E-state index contributed by atoms with van der Waals surface area (Å²) in [5.41, 5.74) is 2.54. The highest BCUT2D eigenvalue weighted by Gasteiger charge is 2.13. The Labute approximate surface area is 174 Å².